The lowest BCUT2D eigenvalue weighted by atomic mass is 10.0. The van der Waals surface area contributed by atoms with Gasteiger partial charge in [0.2, 0.25) is 5.82 Å². The average Bonchev–Trinajstić information content (AvgIpc) is 2.11. The summed E-state index contributed by atoms with van der Waals surface area (Å²) in [6, 6.07) is 2.70. The molecule has 0 amide bonds. The van der Waals surface area contributed by atoms with Crippen molar-refractivity contribution in [1.29, 1.82) is 0 Å². The molecule has 0 aliphatic carbocycles. The number of halogens is 2. The monoisotopic (exact) mass is 200 g/mol. The maximum Gasteiger partial charge on any atom is 0.200 e. The van der Waals surface area contributed by atoms with E-state index in [-0.39, 0.29) is 5.75 Å². The van der Waals surface area contributed by atoms with Crippen LogP contribution in [-0.2, 0) is 6.42 Å². The van der Waals surface area contributed by atoms with E-state index in [4.69, 9.17) is 4.74 Å². The highest BCUT2D eigenvalue weighted by Gasteiger charge is 2.14. The Morgan fingerprint density at radius 3 is 2.43 bits per heavy atom. The van der Waals surface area contributed by atoms with Crippen LogP contribution >= 0.6 is 0 Å². The first-order valence-electron chi connectivity index (χ1n) is 4.57. The Morgan fingerprint density at radius 1 is 1.29 bits per heavy atom. The van der Waals surface area contributed by atoms with Crippen molar-refractivity contribution < 1.29 is 13.5 Å². The molecule has 0 heterocycles. The molecule has 0 spiro atoms. The molecule has 1 nitrogen and oxygen atoms in total. The Morgan fingerprint density at radius 2 is 1.93 bits per heavy atom. The minimum atomic E-state index is -0.898. The van der Waals surface area contributed by atoms with Gasteiger partial charge >= 0.3 is 0 Å². The Bertz CT molecular complexity index is 321. The van der Waals surface area contributed by atoms with Crippen molar-refractivity contribution in [3.63, 3.8) is 0 Å². The van der Waals surface area contributed by atoms with Crippen LogP contribution in [0.25, 0.3) is 0 Å². The SMILES string of the molecule is COc1c(CC(C)C)ccc(F)c1F. The standard InChI is InChI=1S/C11H14F2O/c1-7(2)6-8-4-5-9(12)10(13)11(8)14-3/h4-5,7H,6H2,1-3H3. The second kappa shape index (κ2) is 4.40. The van der Waals surface area contributed by atoms with Gasteiger partial charge in [0.05, 0.1) is 7.11 Å². The fourth-order valence-electron chi connectivity index (χ4n) is 1.39. The number of hydrogen-bond donors (Lipinski definition) is 0. The van der Waals surface area contributed by atoms with Gasteiger partial charge < -0.3 is 4.74 Å². The van der Waals surface area contributed by atoms with Crippen molar-refractivity contribution in [1.82, 2.24) is 0 Å². The Kier molecular flexibility index (Phi) is 3.44. The van der Waals surface area contributed by atoms with Crippen molar-refractivity contribution in [2.75, 3.05) is 7.11 Å². The molecule has 0 bridgehead atoms. The number of rotatable bonds is 3. The minimum Gasteiger partial charge on any atom is -0.493 e. The van der Waals surface area contributed by atoms with Crippen molar-refractivity contribution in [2.45, 2.75) is 20.3 Å². The minimum absolute atomic E-state index is 0.0266. The summed E-state index contributed by atoms with van der Waals surface area (Å²) in [5.41, 5.74) is 0.710. The molecule has 1 aromatic rings. The molecule has 0 radical (unpaired) electrons. The van der Waals surface area contributed by atoms with Crippen molar-refractivity contribution in [3.05, 3.63) is 29.3 Å². The number of methoxy groups -OCH3 is 1. The molecule has 0 aliphatic rings. The van der Waals surface area contributed by atoms with Crippen molar-refractivity contribution in [2.24, 2.45) is 5.92 Å². The lowest BCUT2D eigenvalue weighted by molar-refractivity contribution is 0.364. The topological polar surface area (TPSA) is 9.23 Å². The van der Waals surface area contributed by atoms with Gasteiger partial charge in [0.15, 0.2) is 11.6 Å². The molecule has 0 unspecified atom stereocenters. The Balaban J connectivity index is 3.10. The summed E-state index contributed by atoms with van der Waals surface area (Å²) in [6.45, 7) is 4.03. The molecule has 1 rings (SSSR count). The Hall–Kier alpha value is -1.12. The van der Waals surface area contributed by atoms with E-state index in [1.54, 1.807) is 6.07 Å². The van der Waals surface area contributed by atoms with Crippen molar-refractivity contribution >= 4 is 0 Å². The van der Waals surface area contributed by atoms with Crippen LogP contribution in [0.4, 0.5) is 8.78 Å². The average molecular weight is 200 g/mol. The van der Waals surface area contributed by atoms with Crippen LogP contribution in [0.1, 0.15) is 19.4 Å². The fourth-order valence-corrected chi connectivity index (χ4v) is 1.39. The lowest BCUT2D eigenvalue weighted by Crippen LogP contribution is -2.01. The highest BCUT2D eigenvalue weighted by atomic mass is 19.2. The van der Waals surface area contributed by atoms with Gasteiger partial charge in [-0.3, -0.25) is 0 Å². The molecular formula is C11H14F2O. The number of benzene rings is 1. The zero-order valence-corrected chi connectivity index (χ0v) is 8.60. The zero-order valence-electron chi connectivity index (χ0n) is 8.60. The summed E-state index contributed by atoms with van der Waals surface area (Å²) >= 11 is 0. The molecule has 0 aromatic heterocycles. The smallest absolute Gasteiger partial charge is 0.200 e. The molecule has 0 saturated heterocycles. The highest BCUT2D eigenvalue weighted by Crippen LogP contribution is 2.26. The third-order valence-corrected chi connectivity index (χ3v) is 1.96. The molecule has 1 aromatic carbocycles. The fraction of sp³-hybridized carbons (Fsp3) is 0.455. The van der Waals surface area contributed by atoms with Gasteiger partial charge in [-0.1, -0.05) is 19.9 Å². The molecule has 0 atom stereocenters. The summed E-state index contributed by atoms with van der Waals surface area (Å²) in [4.78, 5) is 0. The normalized spacial score (nSPS) is 10.7. The third kappa shape index (κ3) is 2.22. The molecule has 14 heavy (non-hydrogen) atoms. The van der Waals surface area contributed by atoms with Gasteiger partial charge in [0, 0.05) is 0 Å². The highest BCUT2D eigenvalue weighted by molar-refractivity contribution is 5.36. The maximum atomic E-state index is 13.2. The lowest BCUT2D eigenvalue weighted by Gasteiger charge is -2.11. The second-order valence-electron chi connectivity index (χ2n) is 3.65. The predicted octanol–water partition coefficient (Wildman–Crippen LogP) is 3.17. The van der Waals surface area contributed by atoms with E-state index in [0.29, 0.717) is 17.9 Å². The molecule has 3 heteroatoms. The van der Waals surface area contributed by atoms with E-state index in [2.05, 4.69) is 0 Å². The van der Waals surface area contributed by atoms with Gasteiger partial charge in [0.25, 0.3) is 0 Å². The molecule has 0 aliphatic heterocycles. The summed E-state index contributed by atoms with van der Waals surface area (Å²) in [5.74, 6) is -1.35. The molecule has 0 saturated carbocycles. The van der Waals surface area contributed by atoms with Crippen LogP contribution in [0.5, 0.6) is 5.75 Å². The quantitative estimate of drug-likeness (QED) is 0.728. The van der Waals surface area contributed by atoms with Gasteiger partial charge in [-0.15, -0.1) is 0 Å². The zero-order chi connectivity index (χ0) is 10.7. The summed E-state index contributed by atoms with van der Waals surface area (Å²) in [7, 11) is 1.35. The second-order valence-corrected chi connectivity index (χ2v) is 3.65. The first-order valence-corrected chi connectivity index (χ1v) is 4.57. The van der Waals surface area contributed by atoms with Crippen molar-refractivity contribution in [3.8, 4) is 5.75 Å². The first-order chi connectivity index (χ1) is 6.56. The molecule has 78 valence electrons. The van der Waals surface area contributed by atoms with Crippen LogP contribution in [-0.4, -0.2) is 7.11 Å². The summed E-state index contributed by atoms with van der Waals surface area (Å²) in [6.07, 6.45) is 0.681. The number of hydrogen-bond acceptors (Lipinski definition) is 1. The first kappa shape index (κ1) is 11.0. The summed E-state index contributed by atoms with van der Waals surface area (Å²) in [5, 5.41) is 0. The van der Waals surface area contributed by atoms with Crippen LogP contribution in [0.3, 0.4) is 0 Å². The van der Waals surface area contributed by atoms with E-state index in [1.165, 1.54) is 7.11 Å². The number of ether oxygens (including phenoxy) is 1. The van der Waals surface area contributed by atoms with E-state index in [9.17, 15) is 8.78 Å². The van der Waals surface area contributed by atoms with Crippen LogP contribution in [0, 0.1) is 17.6 Å². The summed E-state index contributed by atoms with van der Waals surface area (Å²) < 4.78 is 30.9. The van der Waals surface area contributed by atoms with Gasteiger partial charge in [-0.25, -0.2) is 4.39 Å². The van der Waals surface area contributed by atoms with E-state index >= 15 is 0 Å². The predicted molar refractivity (Wildman–Crippen MR) is 51.5 cm³/mol. The molecule has 0 fully saturated rings. The van der Waals surface area contributed by atoms with Crippen LogP contribution < -0.4 is 4.74 Å². The van der Waals surface area contributed by atoms with Gasteiger partial charge in [0.1, 0.15) is 0 Å². The van der Waals surface area contributed by atoms with E-state index < -0.39 is 11.6 Å². The molecule has 0 N–H and O–H groups in total. The van der Waals surface area contributed by atoms with Crippen LogP contribution in [0.2, 0.25) is 0 Å². The Labute approximate surface area is 82.7 Å². The largest absolute Gasteiger partial charge is 0.493 e. The maximum absolute atomic E-state index is 13.2. The van der Waals surface area contributed by atoms with E-state index in [0.717, 1.165) is 6.07 Å². The molecular weight excluding hydrogens is 186 g/mol. The van der Waals surface area contributed by atoms with Gasteiger partial charge in [-0.05, 0) is 24.0 Å². The van der Waals surface area contributed by atoms with Gasteiger partial charge in [-0.2, -0.15) is 4.39 Å². The third-order valence-electron chi connectivity index (χ3n) is 1.96. The van der Waals surface area contributed by atoms with Crippen LogP contribution in [0.15, 0.2) is 12.1 Å². The van der Waals surface area contributed by atoms with E-state index in [1.807, 2.05) is 13.8 Å².